The van der Waals surface area contributed by atoms with E-state index in [1.165, 1.54) is 0 Å². The molecule has 0 bridgehead atoms. The van der Waals surface area contributed by atoms with Crippen molar-refractivity contribution in [3.05, 3.63) is 28.7 Å². The van der Waals surface area contributed by atoms with E-state index in [1.54, 1.807) is 11.3 Å². The van der Waals surface area contributed by atoms with Crippen LogP contribution >= 0.6 is 77.4 Å². The predicted octanol–water partition coefficient (Wildman–Crippen LogP) is 5.30. The first-order valence-corrected chi connectivity index (χ1v) is 8.00. The number of halogens is 4. The van der Waals surface area contributed by atoms with E-state index < -0.39 is 0 Å². The Bertz CT molecular complexity index is 516. The molecule has 0 amide bonds. The van der Waals surface area contributed by atoms with Gasteiger partial charge >= 0.3 is 0 Å². The maximum absolute atomic E-state index is 6.04. The second-order valence-electron chi connectivity index (χ2n) is 2.97. The Labute approximate surface area is 132 Å². The van der Waals surface area contributed by atoms with E-state index in [0.717, 1.165) is 22.4 Å². The summed E-state index contributed by atoms with van der Waals surface area (Å²) in [6.07, 6.45) is 0. The van der Waals surface area contributed by atoms with Crippen LogP contribution in [0.3, 0.4) is 0 Å². The number of aryl methyl sites for hydroxylation is 1. The molecule has 2 rings (SSSR count). The molecule has 0 saturated carbocycles. The summed E-state index contributed by atoms with van der Waals surface area (Å²) in [6.45, 7) is 1.93. The van der Waals surface area contributed by atoms with Crippen molar-refractivity contribution < 1.29 is 0 Å². The van der Waals surface area contributed by atoms with Crippen LogP contribution in [0.25, 0.3) is 10.7 Å². The van der Waals surface area contributed by atoms with Crippen LogP contribution < -0.4 is 0 Å². The highest BCUT2D eigenvalue weighted by molar-refractivity contribution is 14.1. The Morgan fingerprint density at radius 3 is 2.56 bits per heavy atom. The zero-order valence-corrected chi connectivity index (χ0v) is 14.8. The molecule has 2 aromatic rings. The third kappa shape index (κ3) is 2.60. The molecule has 0 aliphatic heterocycles. The summed E-state index contributed by atoms with van der Waals surface area (Å²) in [5, 5.41) is 0.503. The molecule has 0 saturated heterocycles. The molecule has 0 atom stereocenters. The van der Waals surface area contributed by atoms with Crippen LogP contribution in [0.1, 0.15) is 5.69 Å². The minimum atomic E-state index is 0.503. The van der Waals surface area contributed by atoms with E-state index in [0.29, 0.717) is 11.0 Å². The molecule has 0 aliphatic carbocycles. The Hall–Kier alpha value is 0.760. The molecule has 2 nitrogen and oxygen atoms in total. The number of nitrogens with zero attached hydrogens (tertiary/aromatic N) is 2. The molecule has 84 valence electrons. The van der Waals surface area contributed by atoms with Crippen molar-refractivity contribution >= 4 is 77.4 Å². The quantitative estimate of drug-likeness (QED) is 0.398. The average Bonchev–Trinajstić information content (AvgIpc) is 2.55. The molecule has 2 aromatic heterocycles. The van der Waals surface area contributed by atoms with Crippen molar-refractivity contribution in [2.45, 2.75) is 6.92 Å². The average molecular weight is 494 g/mol. The largest absolute Gasteiger partial charge is 0.231 e. The van der Waals surface area contributed by atoms with Crippen molar-refractivity contribution in [2.75, 3.05) is 0 Å². The van der Waals surface area contributed by atoms with Gasteiger partial charge in [0.15, 0.2) is 5.82 Å². The van der Waals surface area contributed by atoms with E-state index in [4.69, 9.17) is 11.6 Å². The molecule has 0 spiro atoms. The van der Waals surface area contributed by atoms with E-state index in [1.807, 2.05) is 13.0 Å². The molecule has 7 heteroatoms. The van der Waals surface area contributed by atoms with Gasteiger partial charge in [-0.2, -0.15) is 0 Å². The van der Waals surface area contributed by atoms with Crippen molar-refractivity contribution in [3.8, 4) is 10.7 Å². The van der Waals surface area contributed by atoms with Gasteiger partial charge in [0.05, 0.1) is 17.9 Å². The molecular weight excluding hydrogens is 490 g/mol. The first kappa shape index (κ1) is 13.2. The van der Waals surface area contributed by atoms with Crippen LogP contribution in [0.15, 0.2) is 14.3 Å². The Morgan fingerprint density at radius 1 is 1.38 bits per heavy atom. The fourth-order valence-electron chi connectivity index (χ4n) is 1.09. The zero-order valence-electron chi connectivity index (χ0n) is 7.89. The minimum absolute atomic E-state index is 0.503. The Morgan fingerprint density at radius 2 is 2.06 bits per heavy atom. The molecule has 2 heterocycles. The van der Waals surface area contributed by atoms with Gasteiger partial charge in [-0.3, -0.25) is 0 Å². The van der Waals surface area contributed by atoms with E-state index >= 15 is 0 Å². The third-order valence-electron chi connectivity index (χ3n) is 1.84. The summed E-state index contributed by atoms with van der Waals surface area (Å²) in [4.78, 5) is 9.68. The highest BCUT2D eigenvalue weighted by Crippen LogP contribution is 2.37. The van der Waals surface area contributed by atoms with Crippen LogP contribution in [0.5, 0.6) is 0 Å². The first-order valence-electron chi connectivity index (χ1n) is 4.14. The lowest BCUT2D eigenvalue weighted by Gasteiger charge is -2.02. The summed E-state index contributed by atoms with van der Waals surface area (Å²) < 4.78 is 2.93. The second kappa shape index (κ2) is 5.17. The van der Waals surface area contributed by atoms with Gasteiger partial charge in [0, 0.05) is 4.47 Å². The van der Waals surface area contributed by atoms with Crippen molar-refractivity contribution in [2.24, 2.45) is 0 Å². The van der Waals surface area contributed by atoms with E-state index in [2.05, 4.69) is 64.4 Å². The van der Waals surface area contributed by atoms with Crippen molar-refractivity contribution in [3.63, 3.8) is 0 Å². The Kier molecular flexibility index (Phi) is 4.27. The minimum Gasteiger partial charge on any atom is -0.231 e. The molecule has 0 unspecified atom stereocenters. The zero-order chi connectivity index (χ0) is 11.9. The molecule has 16 heavy (non-hydrogen) atoms. The van der Waals surface area contributed by atoms with Gasteiger partial charge in [0.25, 0.3) is 0 Å². The normalized spacial score (nSPS) is 10.8. The van der Waals surface area contributed by atoms with Crippen LogP contribution in [-0.2, 0) is 0 Å². The number of thiophene rings is 1. The van der Waals surface area contributed by atoms with Crippen LogP contribution in [0, 0.1) is 10.5 Å². The predicted molar refractivity (Wildman–Crippen MR) is 83.2 cm³/mol. The number of hydrogen-bond acceptors (Lipinski definition) is 3. The lowest BCUT2D eigenvalue weighted by Crippen LogP contribution is -1.95. The molecule has 0 aromatic carbocycles. The monoisotopic (exact) mass is 492 g/mol. The lowest BCUT2D eigenvalue weighted by atomic mass is 10.4. The SMILES string of the molecule is Cc1nc(-c2cc(Br)c(Br)s2)nc(Cl)c1I. The van der Waals surface area contributed by atoms with Crippen molar-refractivity contribution in [1.82, 2.24) is 9.97 Å². The number of rotatable bonds is 1. The van der Waals surface area contributed by atoms with Crippen LogP contribution in [-0.4, -0.2) is 9.97 Å². The fourth-order valence-corrected chi connectivity index (χ4v) is 3.52. The van der Waals surface area contributed by atoms with Gasteiger partial charge < -0.3 is 0 Å². The van der Waals surface area contributed by atoms with Gasteiger partial charge in [-0.05, 0) is 67.4 Å². The standard InChI is InChI=1S/C9H4Br2ClIN2S/c1-3-6(13)8(12)15-9(14-3)5-2-4(10)7(11)16-5/h2H,1H3. The highest BCUT2D eigenvalue weighted by Gasteiger charge is 2.12. The van der Waals surface area contributed by atoms with Gasteiger partial charge in [0.1, 0.15) is 5.15 Å². The summed E-state index contributed by atoms with van der Waals surface area (Å²) >= 11 is 16.6. The molecular formula is C9H4Br2ClIN2S. The van der Waals surface area contributed by atoms with Crippen LogP contribution in [0.2, 0.25) is 5.15 Å². The summed E-state index contributed by atoms with van der Waals surface area (Å²) in [7, 11) is 0. The molecule has 0 aliphatic rings. The topological polar surface area (TPSA) is 25.8 Å². The maximum Gasteiger partial charge on any atom is 0.171 e. The molecule has 0 N–H and O–H groups in total. The fraction of sp³-hybridized carbons (Fsp3) is 0.111. The smallest absolute Gasteiger partial charge is 0.171 e. The molecule has 0 fully saturated rings. The Balaban J connectivity index is 2.56. The summed E-state index contributed by atoms with van der Waals surface area (Å²) in [5.74, 6) is 0.666. The van der Waals surface area contributed by atoms with Gasteiger partial charge in [-0.15, -0.1) is 11.3 Å². The van der Waals surface area contributed by atoms with Gasteiger partial charge in [0.2, 0.25) is 0 Å². The van der Waals surface area contributed by atoms with Gasteiger partial charge in [-0.1, -0.05) is 11.6 Å². The van der Waals surface area contributed by atoms with E-state index in [9.17, 15) is 0 Å². The second-order valence-corrected chi connectivity index (χ2v) is 7.63. The van der Waals surface area contributed by atoms with Crippen molar-refractivity contribution in [1.29, 1.82) is 0 Å². The molecule has 0 radical (unpaired) electrons. The number of aromatic nitrogens is 2. The van der Waals surface area contributed by atoms with E-state index in [-0.39, 0.29) is 0 Å². The number of hydrogen-bond donors (Lipinski definition) is 0. The maximum atomic E-state index is 6.04. The van der Waals surface area contributed by atoms with Gasteiger partial charge in [-0.25, -0.2) is 9.97 Å². The summed E-state index contributed by atoms with van der Waals surface area (Å²) in [6, 6.07) is 1.98. The van der Waals surface area contributed by atoms with Crippen LogP contribution in [0.4, 0.5) is 0 Å². The highest BCUT2D eigenvalue weighted by atomic mass is 127. The third-order valence-corrected chi connectivity index (χ3v) is 6.98. The summed E-state index contributed by atoms with van der Waals surface area (Å²) in [5.41, 5.74) is 0.899. The lowest BCUT2D eigenvalue weighted by molar-refractivity contribution is 1.10. The first-order chi connectivity index (χ1) is 7.49.